The maximum absolute atomic E-state index is 16.2. The predicted molar refractivity (Wildman–Crippen MR) is 278 cm³/mol. The molecule has 8 N–H and O–H groups in total. The Balaban J connectivity index is 0.853. The average Bonchev–Trinajstić information content (AvgIpc) is 4.02. The Hall–Kier alpha value is -8.10. The van der Waals surface area contributed by atoms with Crippen molar-refractivity contribution in [1.82, 2.24) is 30.8 Å². The summed E-state index contributed by atoms with van der Waals surface area (Å²) in [6.07, 6.45) is -0.0522. The lowest BCUT2D eigenvalue weighted by atomic mass is 9.81. The molecule has 4 aliphatic rings. The van der Waals surface area contributed by atoms with E-state index in [4.69, 9.17) is 20.2 Å². The summed E-state index contributed by atoms with van der Waals surface area (Å²) in [5, 5.41) is 25.6. The van der Waals surface area contributed by atoms with E-state index in [0.717, 1.165) is 34.4 Å². The van der Waals surface area contributed by atoms with Crippen LogP contribution in [0.4, 0.5) is 28.4 Å². The highest BCUT2D eigenvalue weighted by atomic mass is 19.1. The maximum atomic E-state index is 16.2. The monoisotopic (exact) mass is 1050 g/mol. The van der Waals surface area contributed by atoms with Crippen molar-refractivity contribution in [3.05, 3.63) is 151 Å². The number of aryl methyl sites for hydroxylation is 1. The number of urea groups is 1. The minimum atomic E-state index is -2.07. The van der Waals surface area contributed by atoms with Crippen LogP contribution in [-0.4, -0.2) is 69.8 Å². The zero-order valence-corrected chi connectivity index (χ0v) is 42.7. The predicted octanol–water partition coefficient (Wildman–Crippen LogP) is 7.02. The number of halogens is 3. The molecule has 0 saturated carbocycles. The van der Waals surface area contributed by atoms with Crippen molar-refractivity contribution in [2.45, 2.75) is 109 Å². The molecule has 6 aromatic rings. The molecular formula is C57H57F3N8O9. The van der Waals surface area contributed by atoms with Crippen LogP contribution in [0.15, 0.2) is 77.6 Å². The van der Waals surface area contributed by atoms with Crippen LogP contribution < -0.4 is 37.9 Å². The SMILES string of the molecule is CC[C@@]1(O)C(=O)OCc2c1cc1n(c2=O)Cc2c-1nc1cc(F)c(C)c3c1c2[C@@H](NCc1c(F)cc(NC(=O)[C@H](CCCNC(N)=O)NC(=O)[C@@H](NC(=O)OCC2c4ccccc4-c4ccccc42)C(C)C)cc1F)CC3. The van der Waals surface area contributed by atoms with E-state index in [1.807, 2.05) is 48.5 Å². The molecule has 400 valence electrons. The molecule has 0 saturated heterocycles. The third-order valence-electron chi connectivity index (χ3n) is 15.5. The number of hydrogen-bond acceptors (Lipinski definition) is 11. The van der Waals surface area contributed by atoms with E-state index in [1.54, 1.807) is 33.8 Å². The van der Waals surface area contributed by atoms with E-state index < -0.39 is 82.6 Å². The third-order valence-corrected chi connectivity index (χ3v) is 15.5. The summed E-state index contributed by atoms with van der Waals surface area (Å²) in [4.78, 5) is 84.4. The number of aliphatic hydroxyl groups is 1. The number of fused-ring (bicyclic) bond motifs is 8. The molecule has 20 heteroatoms. The van der Waals surface area contributed by atoms with Crippen LogP contribution in [0.5, 0.6) is 0 Å². The van der Waals surface area contributed by atoms with Gasteiger partial charge in [0.1, 0.15) is 42.7 Å². The Morgan fingerprint density at radius 1 is 0.922 bits per heavy atom. The molecule has 4 atom stereocenters. The number of esters is 1. The summed E-state index contributed by atoms with van der Waals surface area (Å²) in [7, 11) is 0. The van der Waals surface area contributed by atoms with Crippen molar-refractivity contribution in [3.63, 3.8) is 0 Å². The largest absolute Gasteiger partial charge is 0.458 e. The number of pyridine rings is 2. The number of benzene rings is 4. The fourth-order valence-corrected chi connectivity index (χ4v) is 11.4. The topological polar surface area (TPSA) is 245 Å². The number of cyclic esters (lactones) is 1. The van der Waals surface area contributed by atoms with Crippen molar-refractivity contribution in [2.24, 2.45) is 11.7 Å². The summed E-state index contributed by atoms with van der Waals surface area (Å²) in [6.45, 7) is 6.06. The number of nitrogens with two attached hydrogens (primary N) is 1. The first-order valence-corrected chi connectivity index (χ1v) is 25.7. The molecule has 17 nitrogen and oxygen atoms in total. The number of carbonyl (C=O) groups is 5. The molecule has 0 unspecified atom stereocenters. The number of alkyl carbamates (subject to hydrolysis) is 1. The molecule has 0 fully saturated rings. The maximum Gasteiger partial charge on any atom is 0.407 e. The second-order valence-electron chi connectivity index (χ2n) is 20.4. The number of ether oxygens (including phenoxy) is 2. The number of aromatic nitrogens is 2. The number of anilines is 1. The van der Waals surface area contributed by atoms with E-state index >= 15 is 13.2 Å². The Bertz CT molecular complexity index is 3440. The van der Waals surface area contributed by atoms with Crippen LogP contribution in [0.25, 0.3) is 33.4 Å². The van der Waals surface area contributed by atoms with Gasteiger partial charge in [-0.2, -0.15) is 0 Å². The average molecular weight is 1060 g/mol. The Labute approximate surface area is 440 Å². The minimum absolute atomic E-state index is 0.00594. The van der Waals surface area contributed by atoms with Crippen LogP contribution in [0, 0.1) is 30.3 Å². The van der Waals surface area contributed by atoms with Gasteiger partial charge in [0.2, 0.25) is 11.8 Å². The molecule has 10 rings (SSSR count). The normalized spacial score (nSPS) is 17.6. The van der Waals surface area contributed by atoms with Crippen LogP contribution in [0.1, 0.15) is 108 Å². The van der Waals surface area contributed by atoms with Crippen molar-refractivity contribution in [2.75, 3.05) is 18.5 Å². The van der Waals surface area contributed by atoms with Crippen molar-refractivity contribution >= 4 is 46.5 Å². The van der Waals surface area contributed by atoms with E-state index in [1.165, 1.54) is 10.6 Å². The fraction of sp³-hybridized carbons (Fsp3) is 0.351. The standard InChI is InChI=1S/C57H57F3N8O9/c1-5-57(75)39-21-46-50-36(24-68(46)53(71)38(39)26-76-54(57)72)48-43(17-16-30-28(4)40(58)22-45(65-50)47(30)48)63-23-35-41(59)19-29(20-42(35)60)64-51(69)44(15-10-18-62-55(61)73)66-52(70)49(27(2)3)67-56(74)77-25-37-33-13-8-6-11-31(33)32-12-7-9-14-34(32)37/h6-9,11-14,19-22,27,37,43-44,49,63,75H,5,10,15-18,23-26H2,1-4H3,(H,64,69)(H,66,70)(H,67,74)(H3,61,62,73)/t43-,44-,49-,57-/m0/s1. The van der Waals surface area contributed by atoms with Crippen LogP contribution >= 0.6 is 0 Å². The van der Waals surface area contributed by atoms with Crippen molar-refractivity contribution < 1.29 is 51.7 Å². The highest BCUT2D eigenvalue weighted by Gasteiger charge is 2.46. The quantitative estimate of drug-likeness (QED) is 0.0383. The smallest absolute Gasteiger partial charge is 0.407 e. The van der Waals surface area contributed by atoms with Crippen LogP contribution in [0.2, 0.25) is 0 Å². The molecule has 2 aliphatic heterocycles. The van der Waals surface area contributed by atoms with Gasteiger partial charge < -0.3 is 51.5 Å². The number of carbonyl (C=O) groups excluding carboxylic acids is 5. The third kappa shape index (κ3) is 9.53. The van der Waals surface area contributed by atoms with Gasteiger partial charge in [-0.05, 0) is 102 Å². The molecule has 0 spiro atoms. The van der Waals surface area contributed by atoms with Gasteiger partial charge in [0, 0.05) is 58.9 Å². The number of amides is 5. The highest BCUT2D eigenvalue weighted by molar-refractivity contribution is 5.98. The Kier molecular flexibility index (Phi) is 14.1. The highest BCUT2D eigenvalue weighted by Crippen LogP contribution is 2.47. The number of rotatable bonds is 16. The van der Waals surface area contributed by atoms with Crippen LogP contribution in [-0.2, 0) is 55.6 Å². The summed E-state index contributed by atoms with van der Waals surface area (Å²) >= 11 is 0. The van der Waals surface area contributed by atoms with Crippen LogP contribution in [0.3, 0.4) is 0 Å². The van der Waals surface area contributed by atoms with E-state index in [2.05, 4.69) is 26.6 Å². The second-order valence-corrected chi connectivity index (χ2v) is 20.4. The van der Waals surface area contributed by atoms with Gasteiger partial charge in [0.05, 0.1) is 29.0 Å². The van der Waals surface area contributed by atoms with E-state index in [9.17, 15) is 33.9 Å². The first-order valence-electron chi connectivity index (χ1n) is 25.7. The Morgan fingerprint density at radius 2 is 1.61 bits per heavy atom. The van der Waals surface area contributed by atoms with E-state index in [-0.39, 0.29) is 80.4 Å². The first-order chi connectivity index (χ1) is 36.9. The summed E-state index contributed by atoms with van der Waals surface area (Å²) < 4.78 is 60.3. The number of nitrogens with zero attached hydrogens (tertiary/aromatic N) is 2. The fourth-order valence-electron chi connectivity index (χ4n) is 11.4. The molecule has 4 heterocycles. The van der Waals surface area contributed by atoms with E-state index in [0.29, 0.717) is 57.4 Å². The number of nitrogens with one attached hydrogen (secondary N) is 5. The first kappa shape index (κ1) is 52.3. The van der Waals surface area contributed by atoms with Gasteiger partial charge in [-0.15, -0.1) is 0 Å². The second kappa shape index (κ2) is 20.8. The molecule has 0 bridgehead atoms. The summed E-state index contributed by atoms with van der Waals surface area (Å²) in [5.41, 5.74) is 9.80. The van der Waals surface area contributed by atoms with Gasteiger partial charge >= 0.3 is 18.1 Å². The number of hydrogen-bond donors (Lipinski definition) is 7. The summed E-state index contributed by atoms with van der Waals surface area (Å²) in [6, 6.07) is 16.6. The van der Waals surface area contributed by atoms with Crippen molar-refractivity contribution in [3.8, 4) is 22.5 Å². The zero-order chi connectivity index (χ0) is 54.6. The van der Waals surface area contributed by atoms with Crippen molar-refractivity contribution in [1.29, 1.82) is 0 Å². The molecule has 2 aromatic heterocycles. The van der Waals surface area contributed by atoms with Gasteiger partial charge in [0.15, 0.2) is 5.60 Å². The summed E-state index contributed by atoms with van der Waals surface area (Å²) in [5.74, 6) is -5.66. The molecule has 5 amide bonds. The lowest BCUT2D eigenvalue weighted by molar-refractivity contribution is -0.172. The number of primary amides is 1. The molecule has 4 aromatic carbocycles. The lowest BCUT2D eigenvalue weighted by Gasteiger charge is -2.31. The molecule has 0 radical (unpaired) electrons. The molecule has 2 aliphatic carbocycles. The zero-order valence-electron chi connectivity index (χ0n) is 42.7. The van der Waals surface area contributed by atoms with Gasteiger partial charge in [-0.1, -0.05) is 69.3 Å². The molecule has 77 heavy (non-hydrogen) atoms. The lowest BCUT2D eigenvalue weighted by Crippen LogP contribution is -2.54. The van der Waals surface area contributed by atoms with Gasteiger partial charge in [0.25, 0.3) is 5.56 Å². The minimum Gasteiger partial charge on any atom is -0.458 e. The molecular weight excluding hydrogens is 998 g/mol. The van der Waals surface area contributed by atoms with Gasteiger partial charge in [-0.3, -0.25) is 14.4 Å². The van der Waals surface area contributed by atoms with Gasteiger partial charge in [-0.25, -0.2) is 32.5 Å². The Morgan fingerprint density at radius 3 is 2.27 bits per heavy atom.